The van der Waals surface area contributed by atoms with Crippen LogP contribution < -0.4 is 5.73 Å². The third-order valence-electron chi connectivity index (χ3n) is 5.72. The Morgan fingerprint density at radius 3 is 1.56 bits per heavy atom. The maximum Gasteiger partial charge on any atom is 0.418 e. The van der Waals surface area contributed by atoms with Crippen molar-refractivity contribution in [1.82, 2.24) is 4.90 Å². The molecule has 2 unspecified atom stereocenters. The van der Waals surface area contributed by atoms with Crippen LogP contribution in [0.4, 0.5) is 18.9 Å². The fourth-order valence-corrected chi connectivity index (χ4v) is 3.29. The van der Waals surface area contributed by atoms with Crippen LogP contribution in [-0.4, -0.2) is 30.8 Å². The van der Waals surface area contributed by atoms with Gasteiger partial charge in [-0.3, -0.25) is 0 Å². The van der Waals surface area contributed by atoms with Crippen molar-refractivity contribution < 1.29 is 18.0 Å². The molecular weight excluding hydrogens is 569 g/mol. The van der Waals surface area contributed by atoms with Crippen molar-refractivity contribution in [2.24, 2.45) is 5.92 Å². The summed E-state index contributed by atoms with van der Waals surface area (Å²) in [4.78, 5) is 12.4. The third-order valence-corrected chi connectivity index (χ3v) is 6.04. The lowest BCUT2D eigenvalue weighted by Gasteiger charge is -2.24. The van der Waals surface area contributed by atoms with Gasteiger partial charge in [-0.1, -0.05) is 127 Å². The molecule has 0 radical (unpaired) electrons. The van der Waals surface area contributed by atoms with Gasteiger partial charge in [0.15, 0.2) is 0 Å². The van der Waals surface area contributed by atoms with Gasteiger partial charge in [-0.15, -0.1) is 0 Å². The van der Waals surface area contributed by atoms with Crippen molar-refractivity contribution in [3.05, 3.63) is 28.3 Å². The molecule has 0 bridgehead atoms. The molecule has 0 aliphatic rings. The van der Waals surface area contributed by atoms with E-state index in [1.807, 2.05) is 34.6 Å². The number of rotatable bonds is 10. The van der Waals surface area contributed by atoms with Crippen molar-refractivity contribution in [3.8, 4) is 0 Å². The molecule has 0 heterocycles. The van der Waals surface area contributed by atoms with Gasteiger partial charge >= 0.3 is 6.18 Å². The highest BCUT2D eigenvalue weighted by molar-refractivity contribution is 6.33. The number of nitrogens with two attached hydrogens (primary N) is 1. The Morgan fingerprint density at radius 2 is 1.30 bits per heavy atom. The Kier molecular flexibility index (Phi) is 48.9. The first-order chi connectivity index (χ1) is 20.0. The summed E-state index contributed by atoms with van der Waals surface area (Å²) in [5.74, 6) is 1.19. The lowest BCUT2D eigenvalue weighted by molar-refractivity contribution is -0.137. The number of alkyl halides is 3. The molecule has 2 N–H and O–H groups in total. The lowest BCUT2D eigenvalue weighted by Crippen LogP contribution is -2.28. The number of Topliss-reactive ketones (excluding diaryl/α,β-unsaturated/α-hetero) is 1. The molecular formula is C36H74ClF3N2O. The Balaban J connectivity index is -0.000000106. The average Bonchev–Trinajstić information content (AvgIpc) is 2.95. The summed E-state index contributed by atoms with van der Waals surface area (Å²) < 4.78 is 36.8. The number of nitrogens with zero attached hydrogens (tertiary/aromatic N) is 1. The van der Waals surface area contributed by atoms with Crippen LogP contribution in [0.5, 0.6) is 0 Å². The summed E-state index contributed by atoms with van der Waals surface area (Å²) in [5, 5.41) is -0.0627. The lowest BCUT2D eigenvalue weighted by atomic mass is 9.97. The standard InChI is InChI=1S/C12H27N.C8H7ClF3N.C5H10O.C4H10.C3H8.2C2H6/c1-6-8-12(13(4)5)10-9-11(3)7-2;1-4-2-5(8(10,11)12)7(13)6(9)3-4;1-3-4-5(2)6;1-3-4-2;1-3-2;2*1-2/h11-12H,6-10H2,1-5H3;2-3H,13H2,1H3;3-4H2,1-2H3;3-4H2,1-2H3;3H2,1-2H3;2*1-2H3. The van der Waals surface area contributed by atoms with Crippen LogP contribution in [-0.2, 0) is 11.0 Å². The SMILES string of the molecule is CC.CC.CCC.CCCC.CCCC(C)=O.CCCC(CCC(C)CC)N(C)C.Cc1cc(Cl)c(N)c(C(F)(F)F)c1. The van der Waals surface area contributed by atoms with Gasteiger partial charge < -0.3 is 15.4 Å². The Labute approximate surface area is 272 Å². The molecule has 0 amide bonds. The summed E-state index contributed by atoms with van der Waals surface area (Å²) in [6, 6.07) is 3.17. The maximum absolute atomic E-state index is 12.3. The number of carbonyl (C=O) groups is 1. The van der Waals surface area contributed by atoms with E-state index in [1.54, 1.807) is 6.92 Å². The number of hydrogen-bond donors (Lipinski definition) is 1. The normalized spacial score (nSPS) is 11.0. The van der Waals surface area contributed by atoms with Crippen LogP contribution in [0.25, 0.3) is 0 Å². The fraction of sp³-hybridized carbons (Fsp3) is 0.806. The summed E-state index contributed by atoms with van der Waals surface area (Å²) in [6.07, 6.45) is 7.91. The third kappa shape index (κ3) is 40.7. The highest BCUT2D eigenvalue weighted by Crippen LogP contribution is 2.37. The number of nitrogen functional groups attached to an aromatic ring is 1. The number of hydrogen-bond acceptors (Lipinski definition) is 3. The minimum absolute atomic E-state index is 0.0627. The second kappa shape index (κ2) is 38.8. The van der Waals surface area contributed by atoms with E-state index in [0.717, 1.165) is 30.9 Å². The van der Waals surface area contributed by atoms with Crippen molar-refractivity contribution >= 4 is 23.1 Å². The molecule has 0 aliphatic carbocycles. The molecule has 2 atom stereocenters. The quantitative estimate of drug-likeness (QED) is 0.258. The van der Waals surface area contributed by atoms with Crippen molar-refractivity contribution in [2.45, 2.75) is 173 Å². The summed E-state index contributed by atoms with van der Waals surface area (Å²) >= 11 is 5.50. The number of carbonyl (C=O) groups excluding carboxylic acids is 1. The molecule has 0 spiro atoms. The zero-order chi connectivity index (χ0) is 35.6. The minimum Gasteiger partial charge on any atom is -0.397 e. The summed E-state index contributed by atoms with van der Waals surface area (Å²) in [7, 11) is 4.41. The first kappa shape index (κ1) is 54.2. The van der Waals surface area contributed by atoms with Crippen molar-refractivity contribution in [1.29, 1.82) is 0 Å². The number of unbranched alkanes of at least 4 members (excludes halogenated alkanes) is 1. The second-order valence-corrected chi connectivity index (χ2v) is 10.8. The van der Waals surface area contributed by atoms with Crippen molar-refractivity contribution in [3.63, 3.8) is 0 Å². The van der Waals surface area contributed by atoms with Gasteiger partial charge in [0.1, 0.15) is 5.78 Å². The second-order valence-electron chi connectivity index (χ2n) is 10.4. The van der Waals surface area contributed by atoms with Crippen molar-refractivity contribution in [2.75, 3.05) is 19.8 Å². The molecule has 1 aromatic rings. The number of benzene rings is 1. The van der Waals surface area contributed by atoms with Gasteiger partial charge in [-0.2, -0.15) is 13.2 Å². The zero-order valence-corrected chi connectivity index (χ0v) is 32.1. The Bertz CT molecular complexity index is 694. The smallest absolute Gasteiger partial charge is 0.397 e. The molecule has 0 saturated carbocycles. The molecule has 43 heavy (non-hydrogen) atoms. The Morgan fingerprint density at radius 1 is 0.860 bits per heavy atom. The van der Waals surface area contributed by atoms with E-state index in [4.69, 9.17) is 17.3 Å². The highest BCUT2D eigenvalue weighted by atomic mass is 35.5. The van der Waals surface area contributed by atoms with E-state index in [9.17, 15) is 18.0 Å². The molecule has 1 rings (SSSR count). The topological polar surface area (TPSA) is 46.3 Å². The van der Waals surface area contributed by atoms with Gasteiger partial charge in [-0.05, 0) is 77.2 Å². The van der Waals surface area contributed by atoms with Crippen LogP contribution >= 0.6 is 11.6 Å². The first-order valence-electron chi connectivity index (χ1n) is 16.8. The van der Waals surface area contributed by atoms with Gasteiger partial charge in [0.2, 0.25) is 0 Å². The highest BCUT2D eigenvalue weighted by Gasteiger charge is 2.33. The van der Waals surface area contributed by atoms with E-state index < -0.39 is 17.4 Å². The molecule has 0 fully saturated rings. The van der Waals surface area contributed by atoms with Crippen LogP contribution in [0.15, 0.2) is 12.1 Å². The van der Waals surface area contributed by atoms with E-state index in [2.05, 4.69) is 67.5 Å². The van der Waals surface area contributed by atoms with E-state index in [1.165, 1.54) is 64.4 Å². The van der Waals surface area contributed by atoms with E-state index in [-0.39, 0.29) is 10.8 Å². The molecule has 0 aromatic heterocycles. The number of halogens is 4. The Hall–Kier alpha value is -1.27. The van der Waals surface area contributed by atoms with E-state index >= 15 is 0 Å². The summed E-state index contributed by atoms with van der Waals surface area (Å²) in [5.41, 5.74) is 4.33. The van der Waals surface area contributed by atoms with Gasteiger partial charge in [0, 0.05) is 12.5 Å². The van der Waals surface area contributed by atoms with Crippen LogP contribution in [0, 0.1) is 12.8 Å². The molecule has 0 saturated heterocycles. The van der Waals surface area contributed by atoms with Crippen LogP contribution in [0.1, 0.15) is 165 Å². The van der Waals surface area contributed by atoms with Gasteiger partial charge in [0.25, 0.3) is 0 Å². The van der Waals surface area contributed by atoms with Crippen LogP contribution in [0.2, 0.25) is 5.02 Å². The fourth-order valence-electron chi connectivity index (χ4n) is 3.01. The molecule has 7 heteroatoms. The number of ketones is 1. The van der Waals surface area contributed by atoms with Crippen LogP contribution in [0.3, 0.4) is 0 Å². The molecule has 1 aromatic carbocycles. The first-order valence-corrected chi connectivity index (χ1v) is 17.2. The van der Waals surface area contributed by atoms with Gasteiger partial charge in [0.05, 0.1) is 16.3 Å². The zero-order valence-electron chi connectivity index (χ0n) is 31.3. The molecule has 262 valence electrons. The van der Waals surface area contributed by atoms with E-state index in [0.29, 0.717) is 5.56 Å². The minimum atomic E-state index is -4.44. The molecule has 0 aliphatic heterocycles. The number of anilines is 1. The maximum atomic E-state index is 12.3. The predicted octanol–water partition coefficient (Wildman–Crippen LogP) is 13.4. The monoisotopic (exact) mass is 643 g/mol. The predicted molar refractivity (Wildman–Crippen MR) is 192 cm³/mol. The summed E-state index contributed by atoms with van der Waals surface area (Å²) in [6.45, 7) is 28.7. The number of aryl methyl sites for hydroxylation is 1. The average molecular weight is 643 g/mol. The van der Waals surface area contributed by atoms with Gasteiger partial charge in [-0.25, -0.2) is 0 Å². The largest absolute Gasteiger partial charge is 0.418 e. The molecule has 3 nitrogen and oxygen atoms in total.